The summed E-state index contributed by atoms with van der Waals surface area (Å²) in [5, 5.41) is 1.43. The summed E-state index contributed by atoms with van der Waals surface area (Å²) in [5.41, 5.74) is 6.78. The maximum Gasteiger partial charge on any atom is 0.172 e. The van der Waals surface area contributed by atoms with Gasteiger partial charge in [0.25, 0.3) is 0 Å². The van der Waals surface area contributed by atoms with Gasteiger partial charge in [0, 0.05) is 15.3 Å². The molecule has 0 fully saturated rings. The van der Waals surface area contributed by atoms with Crippen molar-refractivity contribution in [1.82, 2.24) is 9.97 Å². The Morgan fingerprint density at radius 1 is 1.17 bits per heavy atom. The van der Waals surface area contributed by atoms with E-state index in [0.29, 0.717) is 16.7 Å². The number of nitrogens with zero attached hydrogens (tertiary/aromatic N) is 2. The summed E-state index contributed by atoms with van der Waals surface area (Å²) in [4.78, 5) is 11.1. The molecule has 2 N–H and O–H groups in total. The number of aryl methyl sites for hydroxylation is 1. The van der Waals surface area contributed by atoms with Gasteiger partial charge in [-0.2, -0.15) is 0 Å². The molecule has 2 aromatic heterocycles. The summed E-state index contributed by atoms with van der Waals surface area (Å²) in [5.74, 6) is 1.13. The van der Waals surface area contributed by atoms with Crippen LogP contribution in [0.2, 0.25) is 5.02 Å². The van der Waals surface area contributed by atoms with Gasteiger partial charge < -0.3 is 5.73 Å². The lowest BCUT2D eigenvalue weighted by molar-refractivity contribution is 1.25. The number of hydrogen-bond acceptors (Lipinski definition) is 4. The van der Waals surface area contributed by atoms with E-state index in [-0.39, 0.29) is 0 Å². The maximum atomic E-state index is 5.96. The van der Waals surface area contributed by atoms with Crippen LogP contribution in [0, 0.1) is 6.92 Å². The van der Waals surface area contributed by atoms with Crippen molar-refractivity contribution in [2.75, 3.05) is 5.73 Å². The molecule has 0 aliphatic rings. The summed E-state index contributed by atoms with van der Waals surface area (Å²) in [7, 11) is 0. The third-order valence-corrected chi connectivity index (χ3v) is 3.88. The molecule has 18 heavy (non-hydrogen) atoms. The molecule has 0 atom stereocenters. The first-order chi connectivity index (χ1) is 8.63. The van der Waals surface area contributed by atoms with E-state index in [0.717, 1.165) is 15.8 Å². The normalized spacial score (nSPS) is 11.0. The summed E-state index contributed by atoms with van der Waals surface area (Å²) in [6.07, 6.45) is 0. The number of fused-ring (bicyclic) bond motifs is 1. The molecule has 0 radical (unpaired) electrons. The van der Waals surface area contributed by atoms with Crippen LogP contribution in [0.15, 0.2) is 30.3 Å². The third-order valence-electron chi connectivity index (χ3n) is 2.65. The van der Waals surface area contributed by atoms with Gasteiger partial charge in [-0.1, -0.05) is 11.6 Å². The largest absolute Gasteiger partial charge is 0.383 e. The molecule has 3 rings (SSSR count). The standard InChI is InChI=1S/C13H10ClN3S/c1-7-2-5-11(18-7)13-16-10-4-3-8(14)6-9(10)12(15)17-13/h2-6H,1H3,(H2,15,16,17). The van der Waals surface area contributed by atoms with Gasteiger partial charge in [-0.3, -0.25) is 0 Å². The van der Waals surface area contributed by atoms with Crippen LogP contribution in [0.5, 0.6) is 0 Å². The summed E-state index contributed by atoms with van der Waals surface area (Å²) >= 11 is 7.60. The zero-order chi connectivity index (χ0) is 12.7. The van der Waals surface area contributed by atoms with Gasteiger partial charge in [0.1, 0.15) is 5.82 Å². The van der Waals surface area contributed by atoms with Crippen molar-refractivity contribution in [3.05, 3.63) is 40.2 Å². The fraction of sp³-hybridized carbons (Fsp3) is 0.0769. The lowest BCUT2D eigenvalue weighted by Crippen LogP contribution is -1.96. The molecule has 1 aromatic carbocycles. The lowest BCUT2D eigenvalue weighted by Gasteiger charge is -2.04. The number of hydrogen-bond donors (Lipinski definition) is 1. The van der Waals surface area contributed by atoms with E-state index in [9.17, 15) is 0 Å². The summed E-state index contributed by atoms with van der Waals surface area (Å²) < 4.78 is 0. The van der Waals surface area contributed by atoms with Crippen LogP contribution in [0.25, 0.3) is 21.6 Å². The molecule has 0 spiro atoms. The molecule has 0 bridgehead atoms. The molecule has 90 valence electrons. The minimum Gasteiger partial charge on any atom is -0.383 e. The van der Waals surface area contributed by atoms with Gasteiger partial charge in [0.15, 0.2) is 5.82 Å². The molecule has 0 aliphatic heterocycles. The Morgan fingerprint density at radius 2 is 2.00 bits per heavy atom. The van der Waals surface area contributed by atoms with Crippen LogP contribution in [0.4, 0.5) is 5.82 Å². The fourth-order valence-corrected chi connectivity index (χ4v) is 2.76. The molecular formula is C13H10ClN3S. The average Bonchev–Trinajstić information content (AvgIpc) is 2.77. The van der Waals surface area contributed by atoms with Crippen LogP contribution >= 0.6 is 22.9 Å². The number of halogens is 1. The van der Waals surface area contributed by atoms with Gasteiger partial charge in [-0.25, -0.2) is 9.97 Å². The quantitative estimate of drug-likeness (QED) is 0.733. The van der Waals surface area contributed by atoms with Crippen molar-refractivity contribution in [3.63, 3.8) is 0 Å². The highest BCUT2D eigenvalue weighted by Crippen LogP contribution is 2.29. The van der Waals surface area contributed by atoms with Gasteiger partial charge in [0.2, 0.25) is 0 Å². The predicted octanol–water partition coefficient (Wildman–Crippen LogP) is 3.90. The van der Waals surface area contributed by atoms with E-state index >= 15 is 0 Å². The molecule has 2 heterocycles. The van der Waals surface area contributed by atoms with E-state index in [4.69, 9.17) is 17.3 Å². The summed E-state index contributed by atoms with van der Waals surface area (Å²) in [6.45, 7) is 2.05. The van der Waals surface area contributed by atoms with Crippen molar-refractivity contribution in [2.24, 2.45) is 0 Å². The first-order valence-electron chi connectivity index (χ1n) is 5.43. The highest BCUT2D eigenvalue weighted by molar-refractivity contribution is 7.15. The van der Waals surface area contributed by atoms with E-state index in [1.54, 1.807) is 23.5 Å². The van der Waals surface area contributed by atoms with Crippen molar-refractivity contribution < 1.29 is 0 Å². The van der Waals surface area contributed by atoms with Crippen molar-refractivity contribution in [3.8, 4) is 10.7 Å². The monoisotopic (exact) mass is 275 g/mol. The Hall–Kier alpha value is -1.65. The zero-order valence-corrected chi connectivity index (χ0v) is 11.2. The number of thiophene rings is 1. The number of nitrogen functional groups attached to an aromatic ring is 1. The Labute approximate surface area is 113 Å². The maximum absolute atomic E-state index is 5.96. The highest BCUT2D eigenvalue weighted by Gasteiger charge is 2.09. The number of rotatable bonds is 1. The number of nitrogens with two attached hydrogens (primary N) is 1. The smallest absolute Gasteiger partial charge is 0.172 e. The second-order valence-electron chi connectivity index (χ2n) is 4.00. The van der Waals surface area contributed by atoms with Crippen molar-refractivity contribution in [1.29, 1.82) is 0 Å². The van der Waals surface area contributed by atoms with Crippen LogP contribution < -0.4 is 5.73 Å². The molecule has 5 heteroatoms. The molecule has 3 aromatic rings. The fourth-order valence-electron chi connectivity index (χ4n) is 1.79. The first kappa shape index (κ1) is 11.4. The second kappa shape index (κ2) is 4.23. The minimum atomic E-state index is 0.462. The molecule has 0 aliphatic carbocycles. The minimum absolute atomic E-state index is 0.462. The first-order valence-corrected chi connectivity index (χ1v) is 6.62. The van der Waals surface area contributed by atoms with Crippen LogP contribution in [-0.2, 0) is 0 Å². The number of anilines is 1. The molecule has 0 saturated carbocycles. The molecule has 0 unspecified atom stereocenters. The Bertz CT molecular complexity index is 736. The Morgan fingerprint density at radius 3 is 2.72 bits per heavy atom. The molecule has 0 amide bonds. The van der Waals surface area contributed by atoms with Gasteiger partial charge in [-0.05, 0) is 37.3 Å². The van der Waals surface area contributed by atoms with Gasteiger partial charge >= 0.3 is 0 Å². The van der Waals surface area contributed by atoms with Gasteiger partial charge in [0.05, 0.1) is 10.4 Å². The second-order valence-corrected chi connectivity index (χ2v) is 5.73. The van der Waals surface area contributed by atoms with Crippen molar-refractivity contribution >= 4 is 39.7 Å². The molecular weight excluding hydrogens is 266 g/mol. The third kappa shape index (κ3) is 1.94. The zero-order valence-electron chi connectivity index (χ0n) is 9.64. The van der Waals surface area contributed by atoms with E-state index in [1.165, 1.54) is 4.88 Å². The number of aromatic nitrogens is 2. The van der Waals surface area contributed by atoms with E-state index in [2.05, 4.69) is 16.9 Å². The highest BCUT2D eigenvalue weighted by atomic mass is 35.5. The van der Waals surface area contributed by atoms with Crippen molar-refractivity contribution in [2.45, 2.75) is 6.92 Å². The van der Waals surface area contributed by atoms with Crippen LogP contribution in [0.3, 0.4) is 0 Å². The molecule has 3 nitrogen and oxygen atoms in total. The Balaban J connectivity index is 2.24. The lowest BCUT2D eigenvalue weighted by atomic mass is 10.2. The number of benzene rings is 1. The average molecular weight is 276 g/mol. The Kier molecular flexibility index (Phi) is 2.69. The van der Waals surface area contributed by atoms with Crippen LogP contribution in [-0.4, -0.2) is 9.97 Å². The van der Waals surface area contributed by atoms with E-state index in [1.807, 2.05) is 18.2 Å². The topological polar surface area (TPSA) is 51.8 Å². The SMILES string of the molecule is Cc1ccc(-c2nc(N)c3cc(Cl)ccc3n2)s1. The van der Waals surface area contributed by atoms with E-state index < -0.39 is 0 Å². The summed E-state index contributed by atoms with van der Waals surface area (Å²) in [6, 6.07) is 9.51. The van der Waals surface area contributed by atoms with Gasteiger partial charge in [-0.15, -0.1) is 11.3 Å². The predicted molar refractivity (Wildman–Crippen MR) is 77.0 cm³/mol. The molecule has 0 saturated heterocycles. The van der Waals surface area contributed by atoms with Crippen LogP contribution in [0.1, 0.15) is 4.88 Å².